The Hall–Kier alpha value is -5.64. The van der Waals surface area contributed by atoms with E-state index in [0.29, 0.717) is 0 Å². The summed E-state index contributed by atoms with van der Waals surface area (Å²) in [5.74, 6) is 0. The molecule has 0 unspecified atom stereocenters. The second-order valence-corrected chi connectivity index (χ2v) is 12.8. The van der Waals surface area contributed by atoms with E-state index in [4.69, 9.17) is 4.42 Å². The molecule has 0 aliphatic heterocycles. The minimum atomic E-state index is 0.904. The average molecular weight is 592 g/mol. The van der Waals surface area contributed by atoms with E-state index in [9.17, 15) is 0 Å². The van der Waals surface area contributed by atoms with Gasteiger partial charge in [-0.15, -0.1) is 11.3 Å². The average Bonchev–Trinajstić information content (AvgIpc) is 3.78. The van der Waals surface area contributed by atoms with Crippen molar-refractivity contribution in [3.63, 3.8) is 0 Å². The summed E-state index contributed by atoms with van der Waals surface area (Å²) >= 11 is 1.86. The van der Waals surface area contributed by atoms with E-state index in [1.807, 2.05) is 11.3 Å². The van der Waals surface area contributed by atoms with E-state index in [1.165, 1.54) is 53.2 Å². The zero-order valence-corrected chi connectivity index (χ0v) is 25.0. The first-order valence-electron chi connectivity index (χ1n) is 15.3. The molecule has 45 heavy (non-hydrogen) atoms. The Morgan fingerprint density at radius 1 is 0.467 bits per heavy atom. The Bertz CT molecular complexity index is 2740. The minimum absolute atomic E-state index is 0.904. The van der Waals surface area contributed by atoms with Crippen LogP contribution >= 0.6 is 11.3 Å². The van der Waals surface area contributed by atoms with Crippen LogP contribution in [-0.2, 0) is 0 Å². The molecule has 0 bridgehead atoms. The predicted molar refractivity (Wildman–Crippen MR) is 192 cm³/mol. The lowest BCUT2D eigenvalue weighted by Gasteiger charge is -2.11. The maximum Gasteiger partial charge on any atom is 0.160 e. The molecule has 0 radical (unpaired) electrons. The van der Waals surface area contributed by atoms with Gasteiger partial charge in [-0.3, -0.25) is 0 Å². The van der Waals surface area contributed by atoms with Crippen LogP contribution in [0.1, 0.15) is 0 Å². The first-order chi connectivity index (χ1) is 22.3. The zero-order chi connectivity index (χ0) is 29.5. The van der Waals surface area contributed by atoms with Crippen molar-refractivity contribution >= 4 is 75.3 Å². The van der Waals surface area contributed by atoms with E-state index in [2.05, 4.69) is 156 Å². The van der Waals surface area contributed by atoms with Gasteiger partial charge in [-0.05, 0) is 70.8 Å². The molecule has 0 amide bonds. The topological polar surface area (TPSA) is 18.1 Å². The van der Waals surface area contributed by atoms with Crippen molar-refractivity contribution in [2.24, 2.45) is 0 Å². The summed E-state index contributed by atoms with van der Waals surface area (Å²) in [6, 6.07) is 54.7. The van der Waals surface area contributed by atoms with Crippen LogP contribution < -0.4 is 0 Å². The summed E-state index contributed by atoms with van der Waals surface area (Å²) < 4.78 is 11.8. The van der Waals surface area contributed by atoms with E-state index in [1.54, 1.807) is 0 Å². The van der Waals surface area contributed by atoms with Crippen molar-refractivity contribution in [2.75, 3.05) is 0 Å². The third-order valence-electron chi connectivity index (χ3n) is 9.20. The Morgan fingerprint density at radius 3 is 2.00 bits per heavy atom. The fourth-order valence-corrected chi connectivity index (χ4v) is 8.24. The summed E-state index contributed by atoms with van der Waals surface area (Å²) in [5, 5.41) is 7.31. The molecule has 210 valence electrons. The molecule has 3 heteroatoms. The van der Waals surface area contributed by atoms with Crippen molar-refractivity contribution in [2.45, 2.75) is 0 Å². The largest absolute Gasteiger partial charge is 0.454 e. The molecular weight excluding hydrogens is 567 g/mol. The maximum absolute atomic E-state index is 6.74. The van der Waals surface area contributed by atoms with Crippen LogP contribution in [0.3, 0.4) is 0 Å². The number of para-hydroxylation sites is 2. The summed E-state index contributed by atoms with van der Waals surface area (Å²) in [5.41, 5.74) is 10.0. The number of thiophene rings is 1. The second kappa shape index (κ2) is 9.43. The molecule has 0 saturated heterocycles. The molecule has 0 aliphatic carbocycles. The van der Waals surface area contributed by atoms with Crippen LogP contribution in [0.4, 0.5) is 0 Å². The Balaban J connectivity index is 1.33. The number of fused-ring (bicyclic) bond motifs is 10. The number of rotatable bonds is 3. The number of hydrogen-bond donors (Lipinski definition) is 0. The molecule has 7 aromatic carbocycles. The van der Waals surface area contributed by atoms with Gasteiger partial charge in [0.05, 0.1) is 11.0 Å². The van der Waals surface area contributed by atoms with Gasteiger partial charge >= 0.3 is 0 Å². The van der Waals surface area contributed by atoms with Gasteiger partial charge in [-0.1, -0.05) is 103 Å². The van der Waals surface area contributed by atoms with Crippen molar-refractivity contribution in [1.29, 1.82) is 0 Å². The van der Waals surface area contributed by atoms with Crippen molar-refractivity contribution in [3.05, 3.63) is 152 Å². The summed E-state index contributed by atoms with van der Waals surface area (Å²) in [6.45, 7) is 0. The lowest BCUT2D eigenvalue weighted by Crippen LogP contribution is -1.94. The smallest absolute Gasteiger partial charge is 0.160 e. The monoisotopic (exact) mass is 591 g/mol. The molecular formula is C42H25NOS. The van der Waals surface area contributed by atoms with Gasteiger partial charge in [0.15, 0.2) is 5.58 Å². The first-order valence-corrected chi connectivity index (χ1v) is 16.1. The van der Waals surface area contributed by atoms with Crippen molar-refractivity contribution < 1.29 is 4.42 Å². The van der Waals surface area contributed by atoms with Gasteiger partial charge in [0.25, 0.3) is 0 Å². The van der Waals surface area contributed by atoms with Gasteiger partial charge in [0.1, 0.15) is 5.58 Å². The highest BCUT2D eigenvalue weighted by molar-refractivity contribution is 7.25. The fourth-order valence-electron chi connectivity index (χ4n) is 7.15. The van der Waals surface area contributed by atoms with Gasteiger partial charge in [-0.2, -0.15) is 0 Å². The normalized spacial score (nSPS) is 12.0. The molecule has 0 fully saturated rings. The fraction of sp³-hybridized carbons (Fsp3) is 0. The third-order valence-corrected chi connectivity index (χ3v) is 10.4. The Morgan fingerprint density at radius 2 is 1.13 bits per heavy atom. The SMILES string of the molecule is c1ccc(-c2ccc(-n3c4ccccc4c4c(-c5ccc6sc7ccccc7c6c5)cc5c6ccccc6oc5c43)cc2)cc1. The summed E-state index contributed by atoms with van der Waals surface area (Å²) in [7, 11) is 0. The van der Waals surface area contributed by atoms with Crippen LogP contribution in [0.2, 0.25) is 0 Å². The first kappa shape index (κ1) is 24.8. The molecule has 0 spiro atoms. The Labute approximate surface area is 263 Å². The van der Waals surface area contributed by atoms with Crippen LogP contribution in [-0.4, -0.2) is 4.57 Å². The highest BCUT2D eigenvalue weighted by Gasteiger charge is 2.23. The molecule has 0 saturated carbocycles. The minimum Gasteiger partial charge on any atom is -0.454 e. The van der Waals surface area contributed by atoms with Gasteiger partial charge < -0.3 is 8.98 Å². The Kier molecular flexibility index (Phi) is 5.19. The summed E-state index contributed by atoms with van der Waals surface area (Å²) in [4.78, 5) is 0. The zero-order valence-electron chi connectivity index (χ0n) is 24.2. The third kappa shape index (κ3) is 3.62. The second-order valence-electron chi connectivity index (χ2n) is 11.7. The number of aromatic nitrogens is 1. The molecule has 2 nitrogen and oxygen atoms in total. The van der Waals surface area contributed by atoms with Gasteiger partial charge in [0.2, 0.25) is 0 Å². The predicted octanol–water partition coefficient (Wildman–Crippen LogP) is 12.4. The maximum atomic E-state index is 6.74. The number of benzene rings is 7. The van der Waals surface area contributed by atoms with Crippen molar-refractivity contribution in [1.82, 2.24) is 4.57 Å². The highest BCUT2D eigenvalue weighted by Crippen LogP contribution is 2.46. The molecule has 10 rings (SSSR count). The molecule has 0 atom stereocenters. The molecule has 10 aromatic rings. The highest BCUT2D eigenvalue weighted by atomic mass is 32.1. The number of nitrogens with zero attached hydrogens (tertiary/aromatic N) is 1. The van der Waals surface area contributed by atoms with E-state index >= 15 is 0 Å². The molecule has 0 N–H and O–H groups in total. The van der Waals surface area contributed by atoms with Gasteiger partial charge in [0, 0.05) is 47.4 Å². The van der Waals surface area contributed by atoms with Crippen LogP contribution in [0.5, 0.6) is 0 Å². The van der Waals surface area contributed by atoms with Gasteiger partial charge in [-0.25, -0.2) is 0 Å². The number of furan rings is 1. The lowest BCUT2D eigenvalue weighted by atomic mass is 9.95. The van der Waals surface area contributed by atoms with Crippen LogP contribution in [0.15, 0.2) is 156 Å². The quantitative estimate of drug-likeness (QED) is 0.200. The number of hydrogen-bond acceptors (Lipinski definition) is 2. The summed E-state index contributed by atoms with van der Waals surface area (Å²) in [6.07, 6.45) is 0. The molecule has 0 aliphatic rings. The van der Waals surface area contributed by atoms with Crippen molar-refractivity contribution in [3.8, 4) is 27.9 Å². The van der Waals surface area contributed by atoms with Crippen LogP contribution in [0.25, 0.3) is 91.9 Å². The lowest BCUT2D eigenvalue weighted by molar-refractivity contribution is 0.671. The molecule has 3 aromatic heterocycles. The van der Waals surface area contributed by atoms with E-state index in [0.717, 1.165) is 38.7 Å². The molecule has 3 heterocycles. The van der Waals surface area contributed by atoms with E-state index < -0.39 is 0 Å². The standard InChI is InChI=1S/C42H25NOS/c1-2-10-26(11-3-1)27-18-21-29(22-19-27)43-36-15-7-4-14-32(36)40-33(25-35-30-12-5-8-16-37(30)44-42(35)41(40)43)28-20-23-39-34(24-28)31-13-6-9-17-38(31)45-39/h1-25H. The van der Waals surface area contributed by atoms with E-state index in [-0.39, 0.29) is 0 Å². The van der Waals surface area contributed by atoms with Crippen LogP contribution in [0, 0.1) is 0 Å².